The van der Waals surface area contributed by atoms with Gasteiger partial charge in [-0.2, -0.15) is 4.99 Å². The number of ether oxygens (including phenoxy) is 2. The topological polar surface area (TPSA) is 43.2 Å². The first kappa shape index (κ1) is 16.0. The second kappa shape index (κ2) is 6.41. The van der Waals surface area contributed by atoms with Crippen LogP contribution < -0.4 is 9.47 Å². The Balaban J connectivity index is 1.71. The molecule has 2 heterocycles. The van der Waals surface area contributed by atoms with Gasteiger partial charge in [-0.3, -0.25) is 0 Å². The molecule has 0 saturated heterocycles. The van der Waals surface area contributed by atoms with Gasteiger partial charge in [0.1, 0.15) is 4.99 Å². The number of benzene rings is 2. The lowest BCUT2D eigenvalue weighted by Gasteiger charge is -2.29. The molecule has 2 aliphatic heterocycles. The Morgan fingerprint density at radius 2 is 1.96 bits per heavy atom. The van der Waals surface area contributed by atoms with Crippen molar-refractivity contribution >= 4 is 28.9 Å². The first-order chi connectivity index (χ1) is 12.2. The predicted octanol–water partition coefficient (Wildman–Crippen LogP) is 4.00. The van der Waals surface area contributed by atoms with Crippen molar-refractivity contribution in [3.8, 4) is 11.5 Å². The fourth-order valence-electron chi connectivity index (χ4n) is 3.11. The molecule has 0 aliphatic carbocycles. The molecule has 0 spiro atoms. The second-order valence-electron chi connectivity index (χ2n) is 6.08. The van der Waals surface area contributed by atoms with E-state index in [1.54, 1.807) is 7.11 Å². The standard InChI is InChI=1S/C20H18N2O2S/c1-3-12-7-9-13(10-8-12)18-21-19-15(20(25)22-18)11-14-5-4-6-16(23-2)17(14)24-19/h4-10,15H,3,11H2,1-2H3. The average molecular weight is 350 g/mol. The highest BCUT2D eigenvalue weighted by Crippen LogP contribution is 2.38. The first-order valence-electron chi connectivity index (χ1n) is 8.33. The van der Waals surface area contributed by atoms with Gasteiger partial charge >= 0.3 is 0 Å². The van der Waals surface area contributed by atoms with Crippen molar-refractivity contribution in [1.29, 1.82) is 0 Å². The fourth-order valence-corrected chi connectivity index (χ4v) is 3.38. The van der Waals surface area contributed by atoms with Crippen molar-refractivity contribution in [2.75, 3.05) is 7.11 Å². The number of rotatable bonds is 3. The van der Waals surface area contributed by atoms with Gasteiger partial charge in [0, 0.05) is 5.56 Å². The summed E-state index contributed by atoms with van der Waals surface area (Å²) >= 11 is 5.54. The highest BCUT2D eigenvalue weighted by atomic mass is 32.1. The monoisotopic (exact) mass is 350 g/mol. The number of hydrogen-bond donors (Lipinski definition) is 0. The van der Waals surface area contributed by atoms with E-state index >= 15 is 0 Å². The SMILES string of the molecule is CCc1ccc(C2=NC(=S)C3Cc4cccc(OC)c4OC3=N2)cc1. The van der Waals surface area contributed by atoms with Crippen molar-refractivity contribution in [2.45, 2.75) is 19.8 Å². The summed E-state index contributed by atoms with van der Waals surface area (Å²) in [5, 5.41) is 0. The van der Waals surface area contributed by atoms with Gasteiger partial charge < -0.3 is 9.47 Å². The minimum Gasteiger partial charge on any atom is -0.493 e. The minimum absolute atomic E-state index is 0.0896. The largest absolute Gasteiger partial charge is 0.493 e. The maximum absolute atomic E-state index is 6.08. The Hall–Kier alpha value is -2.53. The number of methoxy groups -OCH3 is 1. The molecule has 2 aliphatic rings. The Morgan fingerprint density at radius 1 is 1.16 bits per heavy atom. The molecule has 2 aromatic carbocycles. The Labute approximate surface area is 152 Å². The van der Waals surface area contributed by atoms with Crippen LogP contribution in [0.5, 0.6) is 11.5 Å². The summed E-state index contributed by atoms with van der Waals surface area (Å²) in [6.45, 7) is 2.13. The fraction of sp³-hybridized carbons (Fsp3) is 0.250. The molecular weight excluding hydrogens is 332 g/mol. The molecule has 0 N–H and O–H groups in total. The highest BCUT2D eigenvalue weighted by Gasteiger charge is 2.34. The van der Waals surface area contributed by atoms with Crippen LogP contribution in [0.3, 0.4) is 0 Å². The number of hydrogen-bond acceptors (Lipinski definition) is 4. The van der Waals surface area contributed by atoms with Gasteiger partial charge in [-0.25, -0.2) is 4.99 Å². The van der Waals surface area contributed by atoms with Crippen LogP contribution in [0.4, 0.5) is 0 Å². The summed E-state index contributed by atoms with van der Waals surface area (Å²) < 4.78 is 11.5. The van der Waals surface area contributed by atoms with E-state index in [-0.39, 0.29) is 5.92 Å². The molecule has 0 amide bonds. The minimum atomic E-state index is -0.0896. The quantitative estimate of drug-likeness (QED) is 0.786. The summed E-state index contributed by atoms with van der Waals surface area (Å²) in [6, 6.07) is 14.1. The maximum Gasteiger partial charge on any atom is 0.207 e. The van der Waals surface area contributed by atoms with Gasteiger partial charge in [-0.1, -0.05) is 55.5 Å². The Kier molecular flexibility index (Phi) is 4.09. The molecule has 4 nitrogen and oxygen atoms in total. The van der Waals surface area contributed by atoms with Crippen LogP contribution in [0.15, 0.2) is 52.4 Å². The number of para-hydroxylation sites is 1. The van der Waals surface area contributed by atoms with Gasteiger partial charge in [0.2, 0.25) is 5.90 Å². The molecule has 25 heavy (non-hydrogen) atoms. The van der Waals surface area contributed by atoms with Gasteiger partial charge in [0.05, 0.1) is 13.0 Å². The normalized spacial score (nSPS) is 18.5. The van der Waals surface area contributed by atoms with Gasteiger partial charge in [0.25, 0.3) is 0 Å². The third kappa shape index (κ3) is 2.85. The molecule has 0 aromatic heterocycles. The third-order valence-corrected chi connectivity index (χ3v) is 4.94. The second-order valence-corrected chi connectivity index (χ2v) is 6.50. The zero-order valence-electron chi connectivity index (χ0n) is 14.2. The molecular formula is C20H18N2O2S. The van der Waals surface area contributed by atoms with Crippen molar-refractivity contribution in [3.63, 3.8) is 0 Å². The summed E-state index contributed by atoms with van der Waals surface area (Å²) in [6.07, 6.45) is 1.73. The molecule has 4 rings (SSSR count). The van der Waals surface area contributed by atoms with Crippen LogP contribution in [0.2, 0.25) is 0 Å². The predicted molar refractivity (Wildman–Crippen MR) is 103 cm³/mol. The molecule has 126 valence electrons. The number of thiocarbonyl (C=S) groups is 1. The van der Waals surface area contributed by atoms with E-state index < -0.39 is 0 Å². The zero-order valence-corrected chi connectivity index (χ0v) is 15.0. The van der Waals surface area contributed by atoms with Crippen LogP contribution in [0.25, 0.3) is 0 Å². The Bertz CT molecular complexity index is 900. The van der Waals surface area contributed by atoms with E-state index in [2.05, 4.69) is 29.0 Å². The van der Waals surface area contributed by atoms with Gasteiger partial charge in [-0.15, -0.1) is 0 Å². The number of aryl methyl sites for hydroxylation is 1. The van der Waals surface area contributed by atoms with Gasteiger partial charge in [-0.05, 0) is 30.0 Å². The summed E-state index contributed by atoms with van der Waals surface area (Å²) in [7, 11) is 1.64. The van der Waals surface area contributed by atoms with E-state index in [4.69, 9.17) is 21.7 Å². The molecule has 5 heteroatoms. The first-order valence-corrected chi connectivity index (χ1v) is 8.74. The van der Waals surface area contributed by atoms with E-state index in [9.17, 15) is 0 Å². The van der Waals surface area contributed by atoms with Crippen molar-refractivity contribution in [2.24, 2.45) is 15.9 Å². The van der Waals surface area contributed by atoms with E-state index in [0.717, 1.165) is 29.7 Å². The molecule has 0 saturated carbocycles. The van der Waals surface area contributed by atoms with E-state index in [1.165, 1.54) is 5.56 Å². The average Bonchev–Trinajstić information content (AvgIpc) is 2.66. The molecule has 2 aromatic rings. The molecule has 0 fully saturated rings. The van der Waals surface area contributed by atoms with Crippen molar-refractivity contribution in [1.82, 2.24) is 0 Å². The van der Waals surface area contributed by atoms with Crippen LogP contribution in [-0.4, -0.2) is 23.8 Å². The van der Waals surface area contributed by atoms with Crippen LogP contribution >= 0.6 is 12.2 Å². The lowest BCUT2D eigenvalue weighted by molar-refractivity contribution is 0.379. The van der Waals surface area contributed by atoms with E-state index in [0.29, 0.717) is 22.5 Å². The maximum atomic E-state index is 6.08. The van der Waals surface area contributed by atoms with Crippen LogP contribution in [0, 0.1) is 5.92 Å². The Morgan fingerprint density at radius 3 is 2.68 bits per heavy atom. The number of nitrogens with zero attached hydrogens (tertiary/aromatic N) is 2. The molecule has 0 radical (unpaired) electrons. The molecule has 0 bridgehead atoms. The molecule has 1 atom stereocenters. The number of aliphatic imine (C=N–C) groups is 2. The van der Waals surface area contributed by atoms with Gasteiger partial charge in [0.15, 0.2) is 17.3 Å². The smallest absolute Gasteiger partial charge is 0.207 e. The number of fused-ring (bicyclic) bond motifs is 2. The lowest BCUT2D eigenvalue weighted by Crippen LogP contribution is -2.36. The highest BCUT2D eigenvalue weighted by molar-refractivity contribution is 7.80. The molecule has 1 unspecified atom stereocenters. The van der Waals surface area contributed by atoms with Crippen LogP contribution in [0.1, 0.15) is 23.6 Å². The summed E-state index contributed by atoms with van der Waals surface area (Å²) in [5.41, 5.74) is 3.29. The summed E-state index contributed by atoms with van der Waals surface area (Å²) in [4.78, 5) is 9.83. The lowest BCUT2D eigenvalue weighted by atomic mass is 9.94. The third-order valence-electron chi connectivity index (χ3n) is 4.56. The van der Waals surface area contributed by atoms with Crippen molar-refractivity contribution < 1.29 is 9.47 Å². The van der Waals surface area contributed by atoms with Crippen LogP contribution in [-0.2, 0) is 12.8 Å². The van der Waals surface area contributed by atoms with E-state index in [1.807, 2.05) is 30.3 Å². The number of amidine groups is 1. The zero-order chi connectivity index (χ0) is 17.4. The summed E-state index contributed by atoms with van der Waals surface area (Å²) in [5.74, 6) is 2.56. The van der Waals surface area contributed by atoms with Crippen molar-refractivity contribution in [3.05, 3.63) is 59.2 Å².